The number of methoxy groups -OCH3 is 1. The van der Waals surface area contributed by atoms with Crippen LogP contribution in [0.15, 0.2) is 34.6 Å². The summed E-state index contributed by atoms with van der Waals surface area (Å²) < 4.78 is 5.13. The quantitative estimate of drug-likeness (QED) is 0.534. The fourth-order valence-corrected chi connectivity index (χ4v) is 3.02. The molecule has 0 bridgehead atoms. The SMILES string of the molecule is CCNC(=NCC(=O)NCc1ccc(OC)cc1)N(C)Cc1csc(C)n1. The lowest BCUT2D eigenvalue weighted by atomic mass is 10.2. The molecule has 7 nitrogen and oxygen atoms in total. The van der Waals surface area contributed by atoms with Crippen molar-refractivity contribution in [2.75, 3.05) is 27.2 Å². The topological polar surface area (TPSA) is 78.8 Å². The van der Waals surface area contributed by atoms with E-state index >= 15 is 0 Å². The highest BCUT2D eigenvalue weighted by Crippen LogP contribution is 2.11. The number of benzene rings is 1. The van der Waals surface area contributed by atoms with Crippen LogP contribution in [0.1, 0.15) is 23.2 Å². The van der Waals surface area contributed by atoms with Crippen molar-refractivity contribution in [1.29, 1.82) is 0 Å². The van der Waals surface area contributed by atoms with Crippen LogP contribution in [0.4, 0.5) is 0 Å². The lowest BCUT2D eigenvalue weighted by Gasteiger charge is -2.21. The number of aryl methyl sites for hydroxylation is 1. The molecule has 2 aromatic rings. The van der Waals surface area contributed by atoms with Gasteiger partial charge in [0.1, 0.15) is 12.3 Å². The number of guanidine groups is 1. The van der Waals surface area contributed by atoms with Crippen LogP contribution in [0.3, 0.4) is 0 Å². The number of hydrogen-bond donors (Lipinski definition) is 2. The van der Waals surface area contributed by atoms with Crippen molar-refractivity contribution in [3.05, 3.63) is 45.9 Å². The van der Waals surface area contributed by atoms with E-state index in [-0.39, 0.29) is 12.5 Å². The van der Waals surface area contributed by atoms with Gasteiger partial charge in [0, 0.05) is 25.5 Å². The number of amides is 1. The zero-order valence-electron chi connectivity index (χ0n) is 16.3. The van der Waals surface area contributed by atoms with E-state index in [9.17, 15) is 4.79 Å². The fourth-order valence-electron chi connectivity index (χ4n) is 2.42. The molecule has 0 fully saturated rings. The Labute approximate surface area is 164 Å². The average molecular weight is 390 g/mol. The van der Waals surface area contributed by atoms with Crippen LogP contribution in [0.5, 0.6) is 5.75 Å². The lowest BCUT2D eigenvalue weighted by Crippen LogP contribution is -2.39. The molecule has 0 radical (unpaired) electrons. The molecule has 0 saturated carbocycles. The second-order valence-corrected chi connectivity index (χ2v) is 7.07. The Morgan fingerprint density at radius 1 is 1.30 bits per heavy atom. The molecule has 27 heavy (non-hydrogen) atoms. The molecule has 0 saturated heterocycles. The first kappa shape index (κ1) is 20.7. The van der Waals surface area contributed by atoms with Gasteiger partial charge in [0.2, 0.25) is 5.91 Å². The van der Waals surface area contributed by atoms with E-state index in [0.29, 0.717) is 19.0 Å². The first-order valence-electron chi connectivity index (χ1n) is 8.82. The third-order valence-electron chi connectivity index (χ3n) is 3.78. The van der Waals surface area contributed by atoms with Gasteiger partial charge < -0.3 is 20.3 Å². The van der Waals surface area contributed by atoms with Crippen molar-refractivity contribution in [3.8, 4) is 5.75 Å². The Hall–Kier alpha value is -2.61. The smallest absolute Gasteiger partial charge is 0.242 e. The van der Waals surface area contributed by atoms with Gasteiger partial charge in [0.15, 0.2) is 5.96 Å². The summed E-state index contributed by atoms with van der Waals surface area (Å²) in [6, 6.07) is 7.60. The minimum atomic E-state index is -0.126. The van der Waals surface area contributed by atoms with Crippen molar-refractivity contribution in [2.24, 2.45) is 4.99 Å². The van der Waals surface area contributed by atoms with Gasteiger partial charge in [-0.15, -0.1) is 11.3 Å². The number of hydrogen-bond acceptors (Lipinski definition) is 5. The minimum Gasteiger partial charge on any atom is -0.497 e. The van der Waals surface area contributed by atoms with Gasteiger partial charge in [0.05, 0.1) is 24.4 Å². The fraction of sp³-hybridized carbons (Fsp3) is 0.421. The molecule has 1 aromatic heterocycles. The predicted molar refractivity (Wildman–Crippen MR) is 109 cm³/mol. The number of aliphatic imine (C=N–C) groups is 1. The average Bonchev–Trinajstić information content (AvgIpc) is 3.08. The van der Waals surface area contributed by atoms with Crippen LogP contribution in [0, 0.1) is 6.92 Å². The summed E-state index contributed by atoms with van der Waals surface area (Å²) in [7, 11) is 3.56. The normalized spacial score (nSPS) is 11.2. The molecule has 146 valence electrons. The molecule has 1 heterocycles. The minimum absolute atomic E-state index is 0.0684. The lowest BCUT2D eigenvalue weighted by molar-refractivity contribution is -0.119. The van der Waals surface area contributed by atoms with E-state index < -0.39 is 0 Å². The van der Waals surface area contributed by atoms with Crippen LogP contribution >= 0.6 is 11.3 Å². The molecule has 8 heteroatoms. The van der Waals surface area contributed by atoms with Gasteiger partial charge in [-0.25, -0.2) is 9.98 Å². The molecule has 1 amide bonds. The van der Waals surface area contributed by atoms with Crippen molar-refractivity contribution in [1.82, 2.24) is 20.5 Å². The van der Waals surface area contributed by atoms with Crippen molar-refractivity contribution >= 4 is 23.2 Å². The molecule has 0 aliphatic carbocycles. The number of carbonyl (C=O) groups is 1. The molecule has 0 unspecified atom stereocenters. The number of nitrogens with zero attached hydrogens (tertiary/aromatic N) is 3. The molecule has 2 rings (SSSR count). The maximum absolute atomic E-state index is 12.1. The van der Waals surface area contributed by atoms with Gasteiger partial charge in [-0.3, -0.25) is 4.79 Å². The number of ether oxygens (including phenoxy) is 1. The summed E-state index contributed by atoms with van der Waals surface area (Å²) in [5.74, 6) is 1.35. The van der Waals surface area contributed by atoms with E-state index in [4.69, 9.17) is 4.74 Å². The second kappa shape index (κ2) is 10.5. The summed E-state index contributed by atoms with van der Waals surface area (Å²) in [5.41, 5.74) is 2.01. The number of aromatic nitrogens is 1. The maximum atomic E-state index is 12.1. The first-order valence-corrected chi connectivity index (χ1v) is 9.69. The summed E-state index contributed by atoms with van der Waals surface area (Å²) in [5, 5.41) is 9.17. The Morgan fingerprint density at radius 3 is 2.63 bits per heavy atom. The highest BCUT2D eigenvalue weighted by molar-refractivity contribution is 7.09. The highest BCUT2D eigenvalue weighted by Gasteiger charge is 2.09. The van der Waals surface area contributed by atoms with E-state index in [0.717, 1.165) is 28.6 Å². The third kappa shape index (κ3) is 6.90. The molecular formula is C19H27N5O2S. The van der Waals surface area contributed by atoms with Gasteiger partial charge >= 0.3 is 0 Å². The maximum Gasteiger partial charge on any atom is 0.242 e. The van der Waals surface area contributed by atoms with Gasteiger partial charge in [0.25, 0.3) is 0 Å². The van der Waals surface area contributed by atoms with Crippen LogP contribution in [-0.4, -0.2) is 49.0 Å². The zero-order valence-corrected chi connectivity index (χ0v) is 17.1. The number of carbonyl (C=O) groups excluding carboxylic acids is 1. The van der Waals surface area contributed by atoms with Crippen molar-refractivity contribution < 1.29 is 9.53 Å². The van der Waals surface area contributed by atoms with E-state index in [2.05, 4.69) is 20.6 Å². The van der Waals surface area contributed by atoms with Crippen molar-refractivity contribution in [2.45, 2.75) is 26.9 Å². The van der Waals surface area contributed by atoms with Crippen LogP contribution in [0.25, 0.3) is 0 Å². The van der Waals surface area contributed by atoms with Gasteiger partial charge in [-0.2, -0.15) is 0 Å². The third-order valence-corrected chi connectivity index (χ3v) is 4.61. The Kier molecular flexibility index (Phi) is 8.06. The number of thiazole rings is 1. The standard InChI is InChI=1S/C19H27N5O2S/c1-5-20-19(24(3)12-16-13-27-14(2)23-16)22-11-18(25)21-10-15-6-8-17(26-4)9-7-15/h6-9,13H,5,10-12H2,1-4H3,(H,20,22)(H,21,25). The Bertz CT molecular complexity index is 758. The Morgan fingerprint density at radius 2 is 2.04 bits per heavy atom. The highest BCUT2D eigenvalue weighted by atomic mass is 32.1. The monoisotopic (exact) mass is 389 g/mol. The molecule has 1 aromatic carbocycles. The number of nitrogens with one attached hydrogen (secondary N) is 2. The van der Waals surface area contributed by atoms with Gasteiger partial charge in [-0.1, -0.05) is 12.1 Å². The number of rotatable bonds is 8. The Balaban J connectivity index is 1.87. The molecule has 2 N–H and O–H groups in total. The molecule has 0 atom stereocenters. The van der Waals surface area contributed by atoms with Crippen LogP contribution in [0.2, 0.25) is 0 Å². The van der Waals surface area contributed by atoms with Crippen LogP contribution in [-0.2, 0) is 17.9 Å². The van der Waals surface area contributed by atoms with E-state index in [1.165, 1.54) is 0 Å². The van der Waals surface area contributed by atoms with Gasteiger partial charge in [-0.05, 0) is 31.5 Å². The summed E-state index contributed by atoms with van der Waals surface area (Å²) in [6.45, 7) is 5.89. The summed E-state index contributed by atoms with van der Waals surface area (Å²) in [6.07, 6.45) is 0. The van der Waals surface area contributed by atoms with Crippen LogP contribution < -0.4 is 15.4 Å². The largest absolute Gasteiger partial charge is 0.497 e. The zero-order chi connectivity index (χ0) is 19.6. The van der Waals surface area contributed by atoms with E-state index in [1.54, 1.807) is 18.4 Å². The second-order valence-electron chi connectivity index (χ2n) is 6.01. The van der Waals surface area contributed by atoms with Crippen molar-refractivity contribution in [3.63, 3.8) is 0 Å². The first-order chi connectivity index (χ1) is 13.0. The summed E-state index contributed by atoms with van der Waals surface area (Å²) >= 11 is 1.63. The molecule has 0 aliphatic rings. The molecule has 0 spiro atoms. The molecular weight excluding hydrogens is 362 g/mol. The predicted octanol–water partition coefficient (Wildman–Crippen LogP) is 2.17. The van der Waals surface area contributed by atoms with E-state index in [1.807, 2.05) is 55.4 Å². The molecule has 0 aliphatic heterocycles. The summed E-state index contributed by atoms with van der Waals surface area (Å²) in [4.78, 5) is 23.0.